The zero-order valence-corrected chi connectivity index (χ0v) is 10.1. The van der Waals surface area contributed by atoms with Gasteiger partial charge >= 0.3 is 0 Å². The van der Waals surface area contributed by atoms with Crippen molar-refractivity contribution in [2.75, 3.05) is 13.1 Å². The van der Waals surface area contributed by atoms with E-state index in [9.17, 15) is 4.79 Å². The molecule has 1 aliphatic rings. The van der Waals surface area contributed by atoms with Crippen molar-refractivity contribution in [3.05, 3.63) is 0 Å². The fourth-order valence-electron chi connectivity index (χ4n) is 1.86. The Balaban J connectivity index is 2.52. The zero-order valence-electron chi connectivity index (χ0n) is 9.27. The highest BCUT2D eigenvalue weighted by atomic mass is 32.1. The summed E-state index contributed by atoms with van der Waals surface area (Å²) >= 11 is 5.02. The summed E-state index contributed by atoms with van der Waals surface area (Å²) in [5.41, 5.74) is 10.9. The molecule has 1 heterocycles. The molecule has 0 radical (unpaired) electrons. The van der Waals surface area contributed by atoms with E-state index in [1.54, 1.807) is 0 Å². The van der Waals surface area contributed by atoms with E-state index in [-0.39, 0.29) is 17.9 Å². The lowest BCUT2D eigenvalue weighted by Gasteiger charge is -2.41. The lowest BCUT2D eigenvalue weighted by molar-refractivity contribution is -0.127. The Labute approximate surface area is 96.0 Å². The fourth-order valence-corrected chi connectivity index (χ4v) is 2.21. The van der Waals surface area contributed by atoms with Gasteiger partial charge in [0.05, 0.1) is 11.0 Å². The number of nitrogens with two attached hydrogens (primary N) is 2. The molecule has 1 amide bonds. The number of rotatable bonds is 5. The molecule has 1 fully saturated rings. The topological polar surface area (TPSA) is 72.3 Å². The average molecular weight is 229 g/mol. The molecule has 0 aromatic carbocycles. The standard InChI is InChI=1S/C10H19N3OS/c1-6(2)7(10(12)15)5-13-4-3-8(13)9(11)14/h6-8H,3-5H2,1-2H3,(H2,11,14)(H2,12,15). The third-order valence-corrected chi connectivity index (χ3v) is 3.36. The van der Waals surface area contributed by atoms with Gasteiger partial charge in [-0.05, 0) is 12.3 Å². The number of amides is 1. The molecule has 0 bridgehead atoms. The molecular weight excluding hydrogens is 210 g/mol. The van der Waals surface area contributed by atoms with Crippen LogP contribution in [0.15, 0.2) is 0 Å². The van der Waals surface area contributed by atoms with Gasteiger partial charge in [0.15, 0.2) is 0 Å². The zero-order chi connectivity index (χ0) is 11.6. The van der Waals surface area contributed by atoms with Gasteiger partial charge < -0.3 is 11.5 Å². The Morgan fingerprint density at radius 2 is 2.13 bits per heavy atom. The predicted octanol–water partition coefficient (Wildman–Crippen LogP) is 0.104. The molecule has 4 nitrogen and oxygen atoms in total. The lowest BCUT2D eigenvalue weighted by Crippen LogP contribution is -2.57. The first-order chi connectivity index (χ1) is 6.93. The minimum atomic E-state index is -0.244. The Bertz CT molecular complexity index is 267. The van der Waals surface area contributed by atoms with Crippen molar-refractivity contribution in [3.8, 4) is 0 Å². The molecule has 2 atom stereocenters. The van der Waals surface area contributed by atoms with E-state index in [1.165, 1.54) is 0 Å². The molecule has 0 aliphatic carbocycles. The SMILES string of the molecule is CC(C)C(CN1CCC1C(N)=O)C(N)=S. The van der Waals surface area contributed by atoms with E-state index >= 15 is 0 Å². The third-order valence-electron chi connectivity index (χ3n) is 3.06. The van der Waals surface area contributed by atoms with E-state index in [4.69, 9.17) is 23.7 Å². The summed E-state index contributed by atoms with van der Waals surface area (Å²) in [6.07, 6.45) is 0.859. The van der Waals surface area contributed by atoms with Crippen LogP contribution in [0.4, 0.5) is 0 Å². The van der Waals surface area contributed by atoms with Crippen LogP contribution >= 0.6 is 12.2 Å². The number of nitrogens with zero attached hydrogens (tertiary/aromatic N) is 1. The first-order valence-corrected chi connectivity index (χ1v) is 5.67. The van der Waals surface area contributed by atoms with Crippen LogP contribution in [0.25, 0.3) is 0 Å². The lowest BCUT2D eigenvalue weighted by atomic mass is 9.92. The minimum Gasteiger partial charge on any atom is -0.393 e. The molecule has 86 valence electrons. The van der Waals surface area contributed by atoms with Crippen molar-refractivity contribution in [2.45, 2.75) is 26.3 Å². The number of hydrogen-bond donors (Lipinski definition) is 2. The quantitative estimate of drug-likeness (QED) is 0.656. The average Bonchev–Trinajstić information content (AvgIpc) is 1.99. The minimum absolute atomic E-state index is 0.111. The molecule has 0 aromatic rings. The first kappa shape index (κ1) is 12.4. The van der Waals surface area contributed by atoms with Gasteiger partial charge in [-0.2, -0.15) is 0 Å². The Hall–Kier alpha value is -0.680. The van der Waals surface area contributed by atoms with Gasteiger partial charge in [-0.25, -0.2) is 0 Å². The van der Waals surface area contributed by atoms with Crippen LogP contribution in [0, 0.1) is 11.8 Å². The Morgan fingerprint density at radius 1 is 1.53 bits per heavy atom. The third kappa shape index (κ3) is 2.89. The summed E-state index contributed by atoms with van der Waals surface area (Å²) in [5.74, 6) is 0.325. The molecule has 15 heavy (non-hydrogen) atoms. The molecule has 5 heteroatoms. The van der Waals surface area contributed by atoms with Gasteiger partial charge in [-0.1, -0.05) is 26.1 Å². The maximum atomic E-state index is 11.0. The van der Waals surface area contributed by atoms with Crippen molar-refractivity contribution in [2.24, 2.45) is 23.3 Å². The van der Waals surface area contributed by atoms with Crippen LogP contribution in [0.5, 0.6) is 0 Å². The summed E-state index contributed by atoms with van der Waals surface area (Å²) in [5, 5.41) is 0. The van der Waals surface area contributed by atoms with E-state index < -0.39 is 0 Å². The van der Waals surface area contributed by atoms with Gasteiger partial charge in [0.2, 0.25) is 5.91 Å². The summed E-state index contributed by atoms with van der Waals surface area (Å²) in [6, 6.07) is -0.111. The number of carbonyl (C=O) groups is 1. The second-order valence-corrected chi connectivity index (χ2v) is 4.93. The molecular formula is C10H19N3OS. The highest BCUT2D eigenvalue weighted by molar-refractivity contribution is 7.80. The molecule has 0 spiro atoms. The molecule has 1 rings (SSSR count). The van der Waals surface area contributed by atoms with Gasteiger partial charge in [-0.15, -0.1) is 0 Å². The summed E-state index contributed by atoms with van der Waals surface area (Å²) < 4.78 is 0. The van der Waals surface area contributed by atoms with Crippen molar-refractivity contribution in [1.29, 1.82) is 0 Å². The number of primary amides is 1. The van der Waals surface area contributed by atoms with E-state index in [0.29, 0.717) is 10.9 Å². The normalized spacial score (nSPS) is 23.5. The predicted molar refractivity (Wildman–Crippen MR) is 64.3 cm³/mol. The smallest absolute Gasteiger partial charge is 0.234 e. The van der Waals surface area contributed by atoms with Gasteiger partial charge in [0.1, 0.15) is 0 Å². The first-order valence-electron chi connectivity index (χ1n) is 5.26. The Kier molecular flexibility index (Phi) is 4.04. The van der Waals surface area contributed by atoms with Crippen molar-refractivity contribution in [1.82, 2.24) is 4.90 Å². The largest absolute Gasteiger partial charge is 0.393 e. The fraction of sp³-hybridized carbons (Fsp3) is 0.800. The van der Waals surface area contributed by atoms with Crippen LogP contribution in [-0.4, -0.2) is 34.9 Å². The number of carbonyl (C=O) groups excluding carboxylic acids is 1. The van der Waals surface area contributed by atoms with E-state index in [0.717, 1.165) is 19.5 Å². The second-order valence-electron chi connectivity index (χ2n) is 4.45. The van der Waals surface area contributed by atoms with Crippen LogP contribution in [0.2, 0.25) is 0 Å². The van der Waals surface area contributed by atoms with Crippen molar-refractivity contribution in [3.63, 3.8) is 0 Å². The maximum Gasteiger partial charge on any atom is 0.234 e. The van der Waals surface area contributed by atoms with Crippen LogP contribution in [0.3, 0.4) is 0 Å². The number of thiocarbonyl (C=S) groups is 1. The highest BCUT2D eigenvalue weighted by Crippen LogP contribution is 2.22. The van der Waals surface area contributed by atoms with E-state index in [2.05, 4.69) is 18.7 Å². The monoisotopic (exact) mass is 229 g/mol. The van der Waals surface area contributed by atoms with E-state index in [1.807, 2.05) is 0 Å². The van der Waals surface area contributed by atoms with Crippen molar-refractivity contribution >= 4 is 23.1 Å². The maximum absolute atomic E-state index is 11.0. The van der Waals surface area contributed by atoms with Gasteiger partial charge in [0, 0.05) is 19.0 Å². The Morgan fingerprint density at radius 3 is 2.40 bits per heavy atom. The van der Waals surface area contributed by atoms with Gasteiger partial charge in [0.25, 0.3) is 0 Å². The molecule has 0 aromatic heterocycles. The summed E-state index contributed by atoms with van der Waals surface area (Å²) in [6.45, 7) is 5.84. The van der Waals surface area contributed by atoms with Crippen LogP contribution in [-0.2, 0) is 4.79 Å². The molecule has 0 saturated carbocycles. The number of likely N-dealkylation sites (tertiary alicyclic amines) is 1. The summed E-state index contributed by atoms with van der Waals surface area (Å²) in [4.78, 5) is 13.6. The van der Waals surface area contributed by atoms with Gasteiger partial charge in [-0.3, -0.25) is 9.69 Å². The molecule has 2 unspecified atom stereocenters. The van der Waals surface area contributed by atoms with Crippen molar-refractivity contribution < 1.29 is 4.79 Å². The second kappa shape index (κ2) is 4.90. The molecule has 1 saturated heterocycles. The molecule has 1 aliphatic heterocycles. The highest BCUT2D eigenvalue weighted by Gasteiger charge is 2.34. The van der Waals surface area contributed by atoms with Crippen LogP contribution < -0.4 is 11.5 Å². The summed E-state index contributed by atoms with van der Waals surface area (Å²) in [7, 11) is 0. The number of hydrogen-bond acceptors (Lipinski definition) is 3. The molecule has 4 N–H and O–H groups in total. The van der Waals surface area contributed by atoms with Crippen LogP contribution in [0.1, 0.15) is 20.3 Å².